The van der Waals surface area contributed by atoms with Crippen molar-refractivity contribution in [2.75, 3.05) is 12.3 Å². The van der Waals surface area contributed by atoms with Crippen molar-refractivity contribution in [2.45, 2.75) is 4.90 Å². The van der Waals surface area contributed by atoms with Gasteiger partial charge in [-0.15, -0.1) is 11.8 Å². The summed E-state index contributed by atoms with van der Waals surface area (Å²) in [5.41, 5.74) is 5.88. The van der Waals surface area contributed by atoms with Crippen molar-refractivity contribution >= 4 is 35.0 Å². The molecule has 15 heavy (non-hydrogen) atoms. The van der Waals surface area contributed by atoms with Crippen LogP contribution < -0.4 is 5.73 Å². The molecule has 1 aromatic rings. The first-order chi connectivity index (χ1) is 7.17. The largest absolute Gasteiger partial charge is 0.327 e. The molecule has 0 amide bonds. The van der Waals surface area contributed by atoms with Gasteiger partial charge >= 0.3 is 0 Å². The zero-order chi connectivity index (χ0) is 11.3. The number of nitrogens with two attached hydrogens (primary N) is 1. The molecule has 0 radical (unpaired) electrons. The number of benzene rings is 1. The van der Waals surface area contributed by atoms with Gasteiger partial charge in [0.1, 0.15) is 0 Å². The van der Waals surface area contributed by atoms with E-state index in [-0.39, 0.29) is 6.54 Å². The van der Waals surface area contributed by atoms with E-state index in [1.54, 1.807) is 12.1 Å². The molecule has 2 N–H and O–H groups in total. The highest BCUT2D eigenvalue weighted by molar-refractivity contribution is 7.99. The van der Waals surface area contributed by atoms with Crippen molar-refractivity contribution in [3.63, 3.8) is 0 Å². The van der Waals surface area contributed by atoms with Gasteiger partial charge in [-0.3, -0.25) is 0 Å². The topological polar surface area (TPSA) is 26.0 Å². The molecule has 0 aliphatic carbocycles. The Kier molecular flexibility index (Phi) is 5.47. The highest BCUT2D eigenvalue weighted by atomic mass is 35.5. The minimum absolute atomic E-state index is 0.217. The lowest BCUT2D eigenvalue weighted by molar-refractivity contribution is 0.706. The summed E-state index contributed by atoms with van der Waals surface area (Å²) in [6.45, 7) is 0.217. The summed E-state index contributed by atoms with van der Waals surface area (Å²) in [5, 5.41) is 1.16. The summed E-state index contributed by atoms with van der Waals surface area (Å²) in [7, 11) is 0. The van der Waals surface area contributed by atoms with E-state index in [1.807, 2.05) is 6.07 Å². The van der Waals surface area contributed by atoms with E-state index < -0.39 is 0 Å². The van der Waals surface area contributed by atoms with Crippen LogP contribution in [-0.4, -0.2) is 12.3 Å². The van der Waals surface area contributed by atoms with E-state index in [9.17, 15) is 4.39 Å². The minimum atomic E-state index is 0.217. The van der Waals surface area contributed by atoms with Gasteiger partial charge in [0.15, 0.2) is 0 Å². The summed E-state index contributed by atoms with van der Waals surface area (Å²) >= 11 is 13.1. The van der Waals surface area contributed by atoms with Crippen molar-refractivity contribution in [1.29, 1.82) is 0 Å². The average molecular weight is 266 g/mol. The summed E-state index contributed by atoms with van der Waals surface area (Å²) in [4.78, 5) is 0.869. The van der Waals surface area contributed by atoms with E-state index >= 15 is 0 Å². The van der Waals surface area contributed by atoms with Crippen molar-refractivity contribution in [1.82, 2.24) is 0 Å². The van der Waals surface area contributed by atoms with Crippen LogP contribution in [0.2, 0.25) is 10.0 Å². The van der Waals surface area contributed by atoms with E-state index in [1.165, 1.54) is 11.8 Å². The van der Waals surface area contributed by atoms with Crippen molar-refractivity contribution in [2.24, 2.45) is 5.73 Å². The van der Waals surface area contributed by atoms with Crippen LogP contribution in [0.25, 0.3) is 0 Å². The Balaban J connectivity index is 2.65. The van der Waals surface area contributed by atoms with Crippen molar-refractivity contribution < 1.29 is 4.39 Å². The predicted octanol–water partition coefficient (Wildman–Crippen LogP) is 3.90. The second kappa shape index (κ2) is 6.38. The van der Waals surface area contributed by atoms with Crippen LogP contribution in [0.5, 0.6) is 0 Å². The third-order valence-electron chi connectivity index (χ3n) is 1.72. The third kappa shape index (κ3) is 4.03. The van der Waals surface area contributed by atoms with Gasteiger partial charge in [0.2, 0.25) is 0 Å². The Hall–Kier alpha value is -0.220. The number of rotatable bonds is 4. The van der Waals surface area contributed by atoms with E-state index in [0.717, 1.165) is 4.90 Å². The molecule has 0 heterocycles. The lowest BCUT2D eigenvalue weighted by Crippen LogP contribution is -2.04. The molecule has 0 saturated heterocycles. The Morgan fingerprint density at radius 3 is 2.73 bits per heavy atom. The molecule has 0 aliphatic rings. The summed E-state index contributed by atoms with van der Waals surface area (Å²) in [5.74, 6) is 0.494. The van der Waals surface area contributed by atoms with Gasteiger partial charge in [-0.25, -0.2) is 4.39 Å². The average Bonchev–Trinajstić information content (AvgIpc) is 2.22. The van der Waals surface area contributed by atoms with Crippen LogP contribution in [0.3, 0.4) is 0 Å². The Morgan fingerprint density at radius 2 is 2.20 bits per heavy atom. The highest BCUT2D eigenvalue weighted by Crippen LogP contribution is 2.30. The Labute approximate surface area is 102 Å². The Morgan fingerprint density at radius 1 is 1.47 bits per heavy atom. The van der Waals surface area contributed by atoms with E-state index in [2.05, 4.69) is 0 Å². The molecule has 5 heteroatoms. The monoisotopic (exact) mass is 265 g/mol. The van der Waals surface area contributed by atoms with Gasteiger partial charge in [-0.2, -0.15) is 0 Å². The smallest absolute Gasteiger partial charge is 0.0880 e. The molecular weight excluding hydrogens is 256 g/mol. The van der Waals surface area contributed by atoms with Crippen molar-refractivity contribution in [3.05, 3.63) is 40.1 Å². The first kappa shape index (κ1) is 12.8. The quantitative estimate of drug-likeness (QED) is 0.836. The number of hydrogen-bond donors (Lipinski definition) is 1. The van der Waals surface area contributed by atoms with Crippen molar-refractivity contribution in [3.8, 4) is 0 Å². The van der Waals surface area contributed by atoms with Crippen LogP contribution in [-0.2, 0) is 0 Å². The molecule has 0 fully saturated rings. The first-order valence-electron chi connectivity index (χ1n) is 4.23. The second-order valence-corrected chi connectivity index (χ2v) is 4.70. The van der Waals surface area contributed by atoms with Gasteiger partial charge in [0.25, 0.3) is 0 Å². The fourth-order valence-corrected chi connectivity index (χ4v) is 2.35. The number of halogens is 3. The fourth-order valence-electron chi connectivity index (χ4n) is 0.898. The molecule has 0 bridgehead atoms. The normalized spacial score (nSPS) is 11.9. The minimum Gasteiger partial charge on any atom is -0.327 e. The summed E-state index contributed by atoms with van der Waals surface area (Å²) in [6.07, 6.45) is 0.539. The fraction of sp³-hybridized carbons (Fsp3) is 0.200. The summed E-state index contributed by atoms with van der Waals surface area (Å²) < 4.78 is 12.2. The number of thioether (sulfide) groups is 1. The standard InChI is InChI=1S/C10H10Cl2FNS/c11-8-1-2-10(9(12)3-8)15-6-7(4-13)5-14/h1-4H,5-6,14H2. The van der Waals surface area contributed by atoms with Gasteiger partial charge in [-0.1, -0.05) is 23.2 Å². The molecule has 1 aromatic carbocycles. The lowest BCUT2D eigenvalue weighted by atomic mass is 10.3. The Bertz CT molecular complexity index is 368. The van der Waals surface area contributed by atoms with Crippen LogP contribution in [0, 0.1) is 0 Å². The van der Waals surface area contributed by atoms with E-state index in [0.29, 0.717) is 27.7 Å². The molecule has 0 unspecified atom stereocenters. The zero-order valence-electron chi connectivity index (χ0n) is 7.84. The third-order valence-corrected chi connectivity index (χ3v) is 3.57. The number of hydrogen-bond acceptors (Lipinski definition) is 2. The van der Waals surface area contributed by atoms with Gasteiger partial charge in [0, 0.05) is 22.2 Å². The van der Waals surface area contributed by atoms with E-state index in [4.69, 9.17) is 28.9 Å². The van der Waals surface area contributed by atoms with Gasteiger partial charge in [0.05, 0.1) is 11.4 Å². The SMILES string of the molecule is NCC(=CF)CSc1ccc(Cl)cc1Cl. The maximum atomic E-state index is 12.2. The maximum absolute atomic E-state index is 12.2. The molecule has 0 aliphatic heterocycles. The highest BCUT2D eigenvalue weighted by Gasteiger charge is 2.03. The molecule has 82 valence electrons. The summed E-state index contributed by atoms with van der Waals surface area (Å²) in [6, 6.07) is 5.21. The maximum Gasteiger partial charge on any atom is 0.0880 e. The van der Waals surface area contributed by atoms with Gasteiger partial charge < -0.3 is 5.73 Å². The molecule has 0 atom stereocenters. The lowest BCUT2D eigenvalue weighted by Gasteiger charge is -2.05. The van der Waals surface area contributed by atoms with Crippen LogP contribution in [0.15, 0.2) is 35.0 Å². The van der Waals surface area contributed by atoms with Crippen LogP contribution in [0.1, 0.15) is 0 Å². The molecule has 1 nitrogen and oxygen atoms in total. The second-order valence-electron chi connectivity index (χ2n) is 2.83. The molecule has 1 rings (SSSR count). The first-order valence-corrected chi connectivity index (χ1v) is 5.97. The van der Waals surface area contributed by atoms with Crippen LogP contribution >= 0.6 is 35.0 Å². The molecule has 0 spiro atoms. The zero-order valence-corrected chi connectivity index (χ0v) is 10.2. The molecule has 0 saturated carbocycles. The molecule has 0 aromatic heterocycles. The van der Waals surface area contributed by atoms with Gasteiger partial charge in [-0.05, 0) is 23.8 Å². The predicted molar refractivity (Wildman–Crippen MR) is 65.4 cm³/mol. The van der Waals surface area contributed by atoms with Crippen LogP contribution in [0.4, 0.5) is 4.39 Å². The molecular formula is C10H10Cl2FNS.